The lowest BCUT2D eigenvalue weighted by atomic mass is 10.0. The van der Waals surface area contributed by atoms with E-state index in [2.05, 4.69) is 11.6 Å². The fourth-order valence-electron chi connectivity index (χ4n) is 3.86. The van der Waals surface area contributed by atoms with Gasteiger partial charge in [-0.3, -0.25) is 4.79 Å². The second kappa shape index (κ2) is 19.1. The molecule has 0 amide bonds. The first-order valence-corrected chi connectivity index (χ1v) is 14.9. The van der Waals surface area contributed by atoms with Gasteiger partial charge >= 0.3 is 0 Å². The summed E-state index contributed by atoms with van der Waals surface area (Å²) in [5.74, 6) is 0.199. The third kappa shape index (κ3) is 16.3. The van der Waals surface area contributed by atoms with Crippen LogP contribution in [0.25, 0.3) is 0 Å². The van der Waals surface area contributed by atoms with Gasteiger partial charge in [0.25, 0.3) is 0 Å². The molecule has 3 atom stereocenters. The Labute approximate surface area is 217 Å². The zero-order valence-electron chi connectivity index (χ0n) is 22.7. The molecule has 0 aliphatic carbocycles. The molecule has 1 rings (SSSR count). The summed E-state index contributed by atoms with van der Waals surface area (Å²) in [6, 6.07) is 9.34. The number of rotatable bonds is 21. The second-order valence-electron chi connectivity index (χ2n) is 10.7. The van der Waals surface area contributed by atoms with Crippen LogP contribution in [0.4, 0.5) is 0 Å². The number of Topliss-reactive ketones (excluding diaryl/α,β-unsaturated/α-hetero) is 1. The Hall–Kier alpha value is -1.08. The van der Waals surface area contributed by atoms with Crippen LogP contribution in [0, 0.1) is 0 Å². The molecule has 0 spiro atoms. The monoisotopic (exact) mass is 509 g/mol. The van der Waals surface area contributed by atoms with Gasteiger partial charge in [-0.05, 0) is 39.2 Å². The predicted molar refractivity (Wildman–Crippen MR) is 148 cm³/mol. The summed E-state index contributed by atoms with van der Waals surface area (Å²) < 4.78 is 21.0. The van der Waals surface area contributed by atoms with E-state index in [1.165, 1.54) is 51.4 Å². The molecule has 0 radical (unpaired) electrons. The van der Waals surface area contributed by atoms with Gasteiger partial charge in [-0.15, -0.1) is 0 Å². The van der Waals surface area contributed by atoms with Crippen LogP contribution < -0.4 is 4.72 Å². The minimum Gasteiger partial charge on any atom is -0.391 e. The molecule has 2 N–H and O–H groups in total. The second-order valence-corrected chi connectivity index (χ2v) is 12.7. The molecule has 0 aliphatic heterocycles. The van der Waals surface area contributed by atoms with E-state index in [4.69, 9.17) is 4.74 Å². The summed E-state index contributed by atoms with van der Waals surface area (Å²) in [5, 5.41) is 10.8. The van der Waals surface area contributed by atoms with Crippen molar-refractivity contribution in [3.05, 3.63) is 35.9 Å². The SMILES string of the molecule is CCCCCCCCCCCCC(=O)CC[C@@H](O)[C@H](COCc1ccccc1)N[S@](=O)C(C)(C)C. The van der Waals surface area contributed by atoms with E-state index in [1.54, 1.807) is 0 Å². The fraction of sp³-hybridized carbons (Fsp3) is 0.759. The Morgan fingerprint density at radius 1 is 0.943 bits per heavy atom. The molecule has 0 heterocycles. The zero-order valence-corrected chi connectivity index (χ0v) is 23.5. The Kier molecular flexibility index (Phi) is 17.4. The number of hydrogen-bond donors (Lipinski definition) is 2. The van der Waals surface area contributed by atoms with Crippen molar-refractivity contribution in [2.45, 2.75) is 135 Å². The van der Waals surface area contributed by atoms with Crippen molar-refractivity contribution in [1.82, 2.24) is 4.72 Å². The molecule has 202 valence electrons. The van der Waals surface area contributed by atoms with Gasteiger partial charge in [0.15, 0.2) is 0 Å². The molecule has 0 unspecified atom stereocenters. The molecular formula is C29H51NO4S. The van der Waals surface area contributed by atoms with Crippen LogP contribution in [0.5, 0.6) is 0 Å². The highest BCUT2D eigenvalue weighted by Crippen LogP contribution is 2.15. The smallest absolute Gasteiger partial charge is 0.133 e. The highest BCUT2D eigenvalue weighted by atomic mass is 32.2. The molecule has 1 aromatic rings. The first-order chi connectivity index (χ1) is 16.7. The van der Waals surface area contributed by atoms with E-state index in [1.807, 2.05) is 51.1 Å². The van der Waals surface area contributed by atoms with Gasteiger partial charge in [0.1, 0.15) is 5.78 Å². The van der Waals surface area contributed by atoms with Crippen LogP contribution >= 0.6 is 0 Å². The predicted octanol–water partition coefficient (Wildman–Crippen LogP) is 6.64. The molecule has 0 bridgehead atoms. The number of nitrogens with one attached hydrogen (secondary N) is 1. The van der Waals surface area contributed by atoms with Gasteiger partial charge in [-0.25, -0.2) is 8.93 Å². The summed E-state index contributed by atoms with van der Waals surface area (Å²) >= 11 is 0. The molecular weight excluding hydrogens is 458 g/mol. The van der Waals surface area contributed by atoms with Gasteiger partial charge in [0.05, 0.1) is 41.1 Å². The summed E-state index contributed by atoms with van der Waals surface area (Å²) in [7, 11) is -1.34. The fourth-order valence-corrected chi connectivity index (χ4v) is 4.71. The van der Waals surface area contributed by atoms with E-state index in [0.29, 0.717) is 25.9 Å². The van der Waals surface area contributed by atoms with Gasteiger partial charge < -0.3 is 9.84 Å². The number of ether oxygens (including phenoxy) is 1. The average Bonchev–Trinajstić information content (AvgIpc) is 2.83. The maximum atomic E-state index is 12.6. The van der Waals surface area contributed by atoms with Crippen LogP contribution in [0.1, 0.15) is 117 Å². The van der Waals surface area contributed by atoms with Crippen molar-refractivity contribution in [3.8, 4) is 0 Å². The van der Waals surface area contributed by atoms with Crippen LogP contribution in [0.3, 0.4) is 0 Å². The van der Waals surface area contributed by atoms with Crippen molar-refractivity contribution in [2.75, 3.05) is 6.61 Å². The van der Waals surface area contributed by atoms with E-state index in [-0.39, 0.29) is 12.4 Å². The van der Waals surface area contributed by atoms with Gasteiger partial charge in [0.2, 0.25) is 0 Å². The van der Waals surface area contributed by atoms with E-state index >= 15 is 0 Å². The summed E-state index contributed by atoms with van der Waals surface area (Å²) in [4.78, 5) is 12.4. The lowest BCUT2D eigenvalue weighted by Crippen LogP contribution is -2.48. The average molecular weight is 510 g/mol. The number of carbonyl (C=O) groups excluding carboxylic acids is 1. The number of carbonyl (C=O) groups is 1. The largest absolute Gasteiger partial charge is 0.391 e. The molecule has 0 fully saturated rings. The number of aliphatic hydroxyl groups excluding tert-OH is 1. The number of aliphatic hydroxyl groups is 1. The van der Waals surface area contributed by atoms with Crippen molar-refractivity contribution < 1.29 is 18.8 Å². The standard InChI is InChI=1S/C29H51NO4S/c1-5-6-7-8-9-10-11-12-13-17-20-26(31)21-22-28(32)27(30-35(33)29(2,3)4)24-34-23-25-18-15-14-16-19-25/h14-16,18-19,27-28,30,32H,5-13,17,20-24H2,1-4H3/t27-,28+,35+/m0/s1. The van der Waals surface area contributed by atoms with Crippen LogP contribution in [-0.4, -0.2) is 38.6 Å². The van der Waals surface area contributed by atoms with E-state index < -0.39 is 27.9 Å². The maximum absolute atomic E-state index is 12.6. The summed E-state index contributed by atoms with van der Waals surface area (Å²) in [6.07, 6.45) is 13.0. The highest BCUT2D eigenvalue weighted by Gasteiger charge is 2.27. The van der Waals surface area contributed by atoms with Crippen LogP contribution in [0.15, 0.2) is 30.3 Å². The molecule has 6 heteroatoms. The topological polar surface area (TPSA) is 75.6 Å². The maximum Gasteiger partial charge on any atom is 0.133 e. The minimum absolute atomic E-state index is 0.199. The number of benzene rings is 1. The lowest BCUT2D eigenvalue weighted by Gasteiger charge is -2.27. The Balaban J connectivity index is 2.32. The van der Waals surface area contributed by atoms with Gasteiger partial charge in [-0.2, -0.15) is 0 Å². The van der Waals surface area contributed by atoms with Crippen molar-refractivity contribution >= 4 is 16.8 Å². The number of unbranched alkanes of at least 4 members (excludes halogenated alkanes) is 9. The van der Waals surface area contributed by atoms with Crippen LogP contribution in [0.2, 0.25) is 0 Å². The summed E-state index contributed by atoms with van der Waals surface area (Å²) in [5.41, 5.74) is 1.05. The molecule has 35 heavy (non-hydrogen) atoms. The third-order valence-electron chi connectivity index (χ3n) is 6.22. The van der Waals surface area contributed by atoms with Crippen LogP contribution in [-0.2, 0) is 27.1 Å². The highest BCUT2D eigenvalue weighted by molar-refractivity contribution is 7.84. The molecule has 1 aromatic carbocycles. The first-order valence-electron chi connectivity index (χ1n) is 13.7. The molecule has 5 nitrogen and oxygen atoms in total. The third-order valence-corrected chi connectivity index (χ3v) is 7.85. The molecule has 0 aliphatic rings. The van der Waals surface area contributed by atoms with Crippen molar-refractivity contribution in [3.63, 3.8) is 0 Å². The van der Waals surface area contributed by atoms with E-state index in [9.17, 15) is 14.1 Å². The first kappa shape index (κ1) is 31.9. The van der Waals surface area contributed by atoms with Gasteiger partial charge in [-0.1, -0.05) is 95.0 Å². The van der Waals surface area contributed by atoms with Crippen molar-refractivity contribution in [2.24, 2.45) is 0 Å². The zero-order chi connectivity index (χ0) is 25.9. The lowest BCUT2D eigenvalue weighted by molar-refractivity contribution is -0.119. The number of ketones is 1. The summed E-state index contributed by atoms with van der Waals surface area (Å²) in [6.45, 7) is 8.56. The Bertz CT molecular complexity index is 690. The molecule has 0 saturated heterocycles. The number of hydrogen-bond acceptors (Lipinski definition) is 4. The minimum atomic E-state index is -1.34. The quantitative estimate of drug-likeness (QED) is 0.182. The molecule has 0 saturated carbocycles. The van der Waals surface area contributed by atoms with E-state index in [0.717, 1.165) is 18.4 Å². The Morgan fingerprint density at radius 2 is 1.51 bits per heavy atom. The van der Waals surface area contributed by atoms with Gasteiger partial charge in [0, 0.05) is 12.8 Å². The Morgan fingerprint density at radius 3 is 2.09 bits per heavy atom. The normalized spacial score (nSPS) is 14.5. The van der Waals surface area contributed by atoms with Crippen molar-refractivity contribution in [1.29, 1.82) is 0 Å². The molecule has 0 aromatic heterocycles.